The van der Waals surface area contributed by atoms with Crippen molar-refractivity contribution < 1.29 is 0 Å². The number of rotatable bonds is 7. The van der Waals surface area contributed by atoms with E-state index in [9.17, 15) is 0 Å². The summed E-state index contributed by atoms with van der Waals surface area (Å²) < 4.78 is 1.93. The first-order valence-corrected chi connectivity index (χ1v) is 8.35. The van der Waals surface area contributed by atoms with Crippen LogP contribution < -0.4 is 5.32 Å². The lowest BCUT2D eigenvalue weighted by molar-refractivity contribution is 0.558. The highest BCUT2D eigenvalue weighted by molar-refractivity contribution is 7.99. The van der Waals surface area contributed by atoms with Gasteiger partial charge in [-0.2, -0.15) is 16.9 Å². The molecule has 0 amide bonds. The van der Waals surface area contributed by atoms with E-state index in [0.29, 0.717) is 11.3 Å². The summed E-state index contributed by atoms with van der Waals surface area (Å²) in [5, 5.41) is 8.71. The highest BCUT2D eigenvalue weighted by atomic mass is 32.2. The van der Waals surface area contributed by atoms with Crippen LogP contribution in [0.25, 0.3) is 5.69 Å². The van der Waals surface area contributed by atoms with E-state index in [1.807, 2.05) is 40.8 Å². The van der Waals surface area contributed by atoms with Gasteiger partial charge in [-0.3, -0.25) is 0 Å². The predicted octanol–water partition coefficient (Wildman–Crippen LogP) is 3.66. The Labute approximate surface area is 125 Å². The number of hydrogen-bond donors (Lipinski definition) is 1. The second-order valence-electron chi connectivity index (χ2n) is 5.06. The van der Waals surface area contributed by atoms with Crippen molar-refractivity contribution in [2.45, 2.75) is 31.6 Å². The first-order chi connectivity index (χ1) is 9.70. The molecular formula is C16H23N3S. The fourth-order valence-corrected chi connectivity index (χ4v) is 2.37. The van der Waals surface area contributed by atoms with Crippen molar-refractivity contribution in [1.82, 2.24) is 15.1 Å². The number of benzene rings is 1. The summed E-state index contributed by atoms with van der Waals surface area (Å²) in [4.78, 5) is 0. The Kier molecular flexibility index (Phi) is 5.68. The lowest BCUT2D eigenvalue weighted by Crippen LogP contribution is -2.21. The van der Waals surface area contributed by atoms with Crippen molar-refractivity contribution in [3.05, 3.63) is 48.3 Å². The maximum Gasteiger partial charge on any atom is 0.0645 e. The first kappa shape index (κ1) is 15.1. The van der Waals surface area contributed by atoms with Crippen LogP contribution in [-0.2, 0) is 0 Å². The molecule has 20 heavy (non-hydrogen) atoms. The fraction of sp³-hybridized carbons (Fsp3) is 0.438. The summed E-state index contributed by atoms with van der Waals surface area (Å²) in [7, 11) is 0. The SMILES string of the molecule is CSC(C)CCNC(C)c1cnn(-c2ccccc2)c1. The Bertz CT molecular complexity index is 509. The molecule has 1 aromatic carbocycles. The van der Waals surface area contributed by atoms with Crippen LogP contribution in [0.1, 0.15) is 31.9 Å². The minimum Gasteiger partial charge on any atom is -0.310 e. The van der Waals surface area contributed by atoms with E-state index in [2.05, 4.69) is 48.8 Å². The van der Waals surface area contributed by atoms with Crippen LogP contribution in [0.4, 0.5) is 0 Å². The Balaban J connectivity index is 1.91. The highest BCUT2D eigenvalue weighted by Crippen LogP contribution is 2.15. The third-order valence-electron chi connectivity index (χ3n) is 3.53. The van der Waals surface area contributed by atoms with Gasteiger partial charge in [-0.1, -0.05) is 25.1 Å². The largest absolute Gasteiger partial charge is 0.310 e. The minimum absolute atomic E-state index is 0.335. The molecule has 2 rings (SSSR count). The van der Waals surface area contributed by atoms with E-state index < -0.39 is 0 Å². The minimum atomic E-state index is 0.335. The van der Waals surface area contributed by atoms with E-state index >= 15 is 0 Å². The summed E-state index contributed by atoms with van der Waals surface area (Å²) in [6.45, 7) is 5.50. The zero-order valence-electron chi connectivity index (χ0n) is 12.4. The molecule has 0 spiro atoms. The highest BCUT2D eigenvalue weighted by Gasteiger charge is 2.09. The average molecular weight is 289 g/mol. The van der Waals surface area contributed by atoms with E-state index in [1.165, 1.54) is 12.0 Å². The Hall–Kier alpha value is -1.26. The molecule has 1 heterocycles. The normalized spacial score (nSPS) is 14.2. The second-order valence-corrected chi connectivity index (χ2v) is 6.34. The van der Waals surface area contributed by atoms with E-state index in [4.69, 9.17) is 0 Å². The molecule has 0 aliphatic carbocycles. The molecule has 0 fully saturated rings. The van der Waals surface area contributed by atoms with Gasteiger partial charge in [0.25, 0.3) is 0 Å². The number of nitrogens with zero attached hydrogens (tertiary/aromatic N) is 2. The van der Waals surface area contributed by atoms with Gasteiger partial charge in [-0.05, 0) is 38.3 Å². The molecule has 3 nitrogen and oxygen atoms in total. The summed E-state index contributed by atoms with van der Waals surface area (Å²) in [6.07, 6.45) is 7.41. The molecule has 1 aromatic heterocycles. The van der Waals surface area contributed by atoms with Crippen LogP contribution in [-0.4, -0.2) is 27.8 Å². The van der Waals surface area contributed by atoms with E-state index in [0.717, 1.165) is 12.2 Å². The molecule has 4 heteroatoms. The summed E-state index contributed by atoms with van der Waals surface area (Å²) in [5.74, 6) is 0. The number of nitrogens with one attached hydrogen (secondary N) is 1. The number of hydrogen-bond acceptors (Lipinski definition) is 3. The molecule has 2 atom stereocenters. The Morgan fingerprint density at radius 1 is 1.25 bits per heavy atom. The standard InChI is InChI=1S/C16H23N3S/c1-13(20-3)9-10-17-14(2)15-11-18-19(12-15)16-7-5-4-6-8-16/h4-8,11-14,17H,9-10H2,1-3H3. The number of para-hydroxylation sites is 1. The molecule has 2 unspecified atom stereocenters. The first-order valence-electron chi connectivity index (χ1n) is 7.07. The smallest absolute Gasteiger partial charge is 0.0645 e. The van der Waals surface area contributed by atoms with Crippen molar-refractivity contribution in [2.24, 2.45) is 0 Å². The van der Waals surface area contributed by atoms with Crippen molar-refractivity contribution in [2.75, 3.05) is 12.8 Å². The zero-order valence-corrected chi connectivity index (χ0v) is 13.2. The van der Waals surface area contributed by atoms with Gasteiger partial charge in [-0.15, -0.1) is 0 Å². The topological polar surface area (TPSA) is 29.9 Å². The lowest BCUT2D eigenvalue weighted by Gasteiger charge is -2.14. The van der Waals surface area contributed by atoms with E-state index in [1.54, 1.807) is 0 Å². The lowest BCUT2D eigenvalue weighted by atomic mass is 10.2. The molecule has 1 N–H and O–H groups in total. The zero-order chi connectivity index (χ0) is 14.4. The molecule has 108 valence electrons. The molecule has 0 bridgehead atoms. The summed E-state index contributed by atoms with van der Waals surface area (Å²) in [6, 6.07) is 10.5. The van der Waals surface area contributed by atoms with Gasteiger partial charge in [0.15, 0.2) is 0 Å². The van der Waals surface area contributed by atoms with Crippen LogP contribution in [0.15, 0.2) is 42.7 Å². The van der Waals surface area contributed by atoms with Crippen molar-refractivity contribution in [3.8, 4) is 5.69 Å². The maximum atomic E-state index is 4.44. The fourth-order valence-electron chi connectivity index (χ4n) is 2.02. The molecule has 0 aliphatic heterocycles. The van der Waals surface area contributed by atoms with Crippen molar-refractivity contribution in [1.29, 1.82) is 0 Å². The third-order valence-corrected chi connectivity index (χ3v) is 4.57. The molecule has 0 aliphatic rings. The Morgan fingerprint density at radius 3 is 2.70 bits per heavy atom. The quantitative estimate of drug-likeness (QED) is 0.843. The van der Waals surface area contributed by atoms with Gasteiger partial charge in [0.2, 0.25) is 0 Å². The average Bonchev–Trinajstić information content (AvgIpc) is 2.97. The van der Waals surface area contributed by atoms with Gasteiger partial charge in [0.05, 0.1) is 11.9 Å². The summed E-state index contributed by atoms with van der Waals surface area (Å²) >= 11 is 1.92. The van der Waals surface area contributed by atoms with Crippen molar-refractivity contribution >= 4 is 11.8 Å². The van der Waals surface area contributed by atoms with Crippen LogP contribution in [0, 0.1) is 0 Å². The van der Waals surface area contributed by atoms with Crippen LogP contribution in [0.3, 0.4) is 0 Å². The molecule has 0 saturated heterocycles. The van der Waals surface area contributed by atoms with Gasteiger partial charge in [0, 0.05) is 23.1 Å². The molecule has 0 radical (unpaired) electrons. The predicted molar refractivity (Wildman–Crippen MR) is 87.6 cm³/mol. The molecular weight excluding hydrogens is 266 g/mol. The van der Waals surface area contributed by atoms with Crippen LogP contribution in [0.2, 0.25) is 0 Å². The van der Waals surface area contributed by atoms with Crippen LogP contribution >= 0.6 is 11.8 Å². The van der Waals surface area contributed by atoms with Gasteiger partial charge in [-0.25, -0.2) is 4.68 Å². The third kappa shape index (κ3) is 4.12. The molecule has 0 saturated carbocycles. The molecule has 2 aromatic rings. The van der Waals surface area contributed by atoms with Crippen LogP contribution in [0.5, 0.6) is 0 Å². The van der Waals surface area contributed by atoms with Gasteiger partial charge < -0.3 is 5.32 Å². The Morgan fingerprint density at radius 2 is 2.00 bits per heavy atom. The van der Waals surface area contributed by atoms with Gasteiger partial charge >= 0.3 is 0 Å². The number of aromatic nitrogens is 2. The number of thioether (sulfide) groups is 1. The monoisotopic (exact) mass is 289 g/mol. The van der Waals surface area contributed by atoms with Gasteiger partial charge in [0.1, 0.15) is 0 Å². The second kappa shape index (κ2) is 7.50. The summed E-state index contributed by atoms with van der Waals surface area (Å²) in [5.41, 5.74) is 2.33. The van der Waals surface area contributed by atoms with E-state index in [-0.39, 0.29) is 0 Å². The van der Waals surface area contributed by atoms with Crippen molar-refractivity contribution in [3.63, 3.8) is 0 Å². The maximum absolute atomic E-state index is 4.44.